The Balaban J connectivity index is 2.21. The third-order valence-electron chi connectivity index (χ3n) is 2.76. The van der Waals surface area contributed by atoms with Crippen molar-refractivity contribution in [3.8, 4) is 5.75 Å². The molecule has 110 valence electrons. The molecule has 2 rings (SSSR count). The number of nitrogens with zero attached hydrogens (tertiary/aromatic N) is 1. The maximum absolute atomic E-state index is 13.3. The monoisotopic (exact) mass is 308 g/mol. The standard InChI is InChI=1S/C14H13FN2O3S/c1-20-14-3-2-12(17(18)19)4-9(14)8-21-13-6-10(15)5-11(16)7-13/h2-7H,8,16H2,1H3. The predicted molar refractivity (Wildman–Crippen MR) is 80.0 cm³/mol. The average molecular weight is 308 g/mol. The van der Waals surface area contributed by atoms with Crippen molar-refractivity contribution >= 4 is 23.1 Å². The summed E-state index contributed by atoms with van der Waals surface area (Å²) in [5.74, 6) is 0.550. The number of thioether (sulfide) groups is 1. The van der Waals surface area contributed by atoms with Crippen LogP contribution in [-0.2, 0) is 5.75 Å². The number of rotatable bonds is 5. The van der Waals surface area contributed by atoms with Crippen molar-refractivity contribution in [1.29, 1.82) is 0 Å². The van der Waals surface area contributed by atoms with E-state index in [4.69, 9.17) is 10.5 Å². The SMILES string of the molecule is COc1ccc([N+](=O)[O-])cc1CSc1cc(N)cc(F)c1. The molecule has 0 bridgehead atoms. The summed E-state index contributed by atoms with van der Waals surface area (Å²) >= 11 is 1.33. The lowest BCUT2D eigenvalue weighted by Crippen LogP contribution is -1.94. The lowest BCUT2D eigenvalue weighted by molar-refractivity contribution is -0.384. The zero-order chi connectivity index (χ0) is 15.4. The second-order valence-corrected chi connectivity index (χ2v) is 5.31. The van der Waals surface area contributed by atoms with Crippen molar-refractivity contribution in [2.45, 2.75) is 10.6 Å². The summed E-state index contributed by atoms with van der Waals surface area (Å²) in [4.78, 5) is 11.0. The molecule has 2 aromatic carbocycles. The van der Waals surface area contributed by atoms with Crippen molar-refractivity contribution in [1.82, 2.24) is 0 Å². The van der Waals surface area contributed by atoms with Crippen LogP contribution in [0.4, 0.5) is 15.8 Å². The third kappa shape index (κ3) is 3.85. The normalized spacial score (nSPS) is 10.4. The number of nitro benzene ring substituents is 1. The highest BCUT2D eigenvalue weighted by Crippen LogP contribution is 2.31. The fraction of sp³-hybridized carbons (Fsp3) is 0.143. The van der Waals surface area contributed by atoms with Gasteiger partial charge in [-0.05, 0) is 24.3 Å². The van der Waals surface area contributed by atoms with Crippen LogP contribution in [0.2, 0.25) is 0 Å². The van der Waals surface area contributed by atoms with Crippen molar-refractivity contribution in [2.75, 3.05) is 12.8 Å². The topological polar surface area (TPSA) is 78.4 Å². The molecular weight excluding hydrogens is 295 g/mol. The molecule has 0 unspecified atom stereocenters. The minimum atomic E-state index is -0.465. The Morgan fingerprint density at radius 1 is 1.33 bits per heavy atom. The van der Waals surface area contributed by atoms with E-state index in [-0.39, 0.29) is 5.69 Å². The van der Waals surface area contributed by atoms with E-state index < -0.39 is 10.7 Å². The van der Waals surface area contributed by atoms with Gasteiger partial charge in [0, 0.05) is 34.0 Å². The lowest BCUT2D eigenvalue weighted by Gasteiger charge is -2.08. The summed E-state index contributed by atoms with van der Waals surface area (Å²) in [6.45, 7) is 0. The summed E-state index contributed by atoms with van der Waals surface area (Å²) in [7, 11) is 1.50. The van der Waals surface area contributed by atoms with E-state index in [2.05, 4.69) is 0 Å². The zero-order valence-corrected chi connectivity index (χ0v) is 12.0. The molecule has 0 amide bonds. The van der Waals surface area contributed by atoms with Gasteiger partial charge in [-0.2, -0.15) is 0 Å². The molecule has 0 aliphatic rings. The van der Waals surface area contributed by atoms with Gasteiger partial charge in [-0.3, -0.25) is 10.1 Å². The molecule has 0 radical (unpaired) electrons. The van der Waals surface area contributed by atoms with Crippen LogP contribution in [0.15, 0.2) is 41.3 Å². The molecule has 0 saturated heterocycles. The Morgan fingerprint density at radius 3 is 2.71 bits per heavy atom. The number of nitrogen functional groups attached to an aromatic ring is 1. The van der Waals surface area contributed by atoms with Gasteiger partial charge in [-0.15, -0.1) is 11.8 Å². The van der Waals surface area contributed by atoms with Crippen LogP contribution < -0.4 is 10.5 Å². The van der Waals surface area contributed by atoms with Crippen molar-refractivity contribution in [2.24, 2.45) is 0 Å². The Labute approximate surface area is 125 Å². The van der Waals surface area contributed by atoms with E-state index in [9.17, 15) is 14.5 Å². The molecule has 0 heterocycles. The average Bonchev–Trinajstić information content (AvgIpc) is 2.43. The van der Waals surface area contributed by atoms with E-state index in [0.29, 0.717) is 27.6 Å². The maximum Gasteiger partial charge on any atom is 0.270 e. The molecule has 5 nitrogen and oxygen atoms in total. The summed E-state index contributed by atoms with van der Waals surface area (Å²) in [5.41, 5.74) is 6.57. The second-order valence-electron chi connectivity index (χ2n) is 4.26. The van der Waals surface area contributed by atoms with Crippen LogP contribution in [0.5, 0.6) is 5.75 Å². The van der Waals surface area contributed by atoms with Gasteiger partial charge in [0.15, 0.2) is 0 Å². The fourth-order valence-corrected chi connectivity index (χ4v) is 2.78. The predicted octanol–water partition coefficient (Wildman–Crippen LogP) is 3.62. The number of hydrogen-bond acceptors (Lipinski definition) is 5. The number of nitrogens with two attached hydrogens (primary N) is 1. The first kappa shape index (κ1) is 15.1. The van der Waals surface area contributed by atoms with E-state index in [0.717, 1.165) is 0 Å². The molecule has 0 aliphatic heterocycles. The lowest BCUT2D eigenvalue weighted by atomic mass is 10.2. The number of ether oxygens (including phenoxy) is 1. The number of methoxy groups -OCH3 is 1. The minimum Gasteiger partial charge on any atom is -0.496 e. The number of non-ortho nitro benzene ring substituents is 1. The highest BCUT2D eigenvalue weighted by molar-refractivity contribution is 7.98. The van der Waals surface area contributed by atoms with Gasteiger partial charge in [0.25, 0.3) is 5.69 Å². The van der Waals surface area contributed by atoms with E-state index >= 15 is 0 Å². The van der Waals surface area contributed by atoms with Crippen LogP contribution >= 0.6 is 11.8 Å². The van der Waals surface area contributed by atoms with E-state index in [1.54, 1.807) is 12.1 Å². The first-order valence-electron chi connectivity index (χ1n) is 6.00. The van der Waals surface area contributed by atoms with Gasteiger partial charge in [-0.25, -0.2) is 4.39 Å². The summed E-state index contributed by atoms with van der Waals surface area (Å²) < 4.78 is 18.4. The third-order valence-corrected chi connectivity index (χ3v) is 3.79. The van der Waals surface area contributed by atoms with Crippen LogP contribution in [0.1, 0.15) is 5.56 Å². The van der Waals surface area contributed by atoms with Crippen molar-refractivity contribution in [3.63, 3.8) is 0 Å². The summed E-state index contributed by atoms with van der Waals surface area (Å²) in [6.07, 6.45) is 0. The van der Waals surface area contributed by atoms with Crippen molar-refractivity contribution in [3.05, 3.63) is 57.9 Å². The smallest absolute Gasteiger partial charge is 0.270 e. The highest BCUT2D eigenvalue weighted by Gasteiger charge is 2.12. The van der Waals surface area contributed by atoms with Crippen LogP contribution in [0.25, 0.3) is 0 Å². The van der Waals surface area contributed by atoms with Crippen LogP contribution in [0, 0.1) is 15.9 Å². The number of halogens is 1. The molecule has 7 heteroatoms. The Morgan fingerprint density at radius 2 is 2.10 bits per heavy atom. The molecule has 0 saturated carbocycles. The van der Waals surface area contributed by atoms with Gasteiger partial charge in [0.1, 0.15) is 11.6 Å². The molecule has 2 N–H and O–H groups in total. The van der Waals surface area contributed by atoms with Crippen molar-refractivity contribution < 1.29 is 14.1 Å². The summed E-state index contributed by atoms with van der Waals surface area (Å²) in [5, 5.41) is 10.8. The molecular formula is C14H13FN2O3S. The molecule has 0 aromatic heterocycles. The van der Waals surface area contributed by atoms with E-state index in [1.807, 2.05) is 0 Å². The number of hydrogen-bond donors (Lipinski definition) is 1. The Kier molecular flexibility index (Phi) is 4.64. The van der Waals surface area contributed by atoms with Gasteiger partial charge >= 0.3 is 0 Å². The Bertz CT molecular complexity index is 659. The highest BCUT2D eigenvalue weighted by atomic mass is 32.2. The zero-order valence-electron chi connectivity index (χ0n) is 11.2. The van der Waals surface area contributed by atoms with Gasteiger partial charge in [0.05, 0.1) is 12.0 Å². The number of nitro groups is 1. The van der Waals surface area contributed by atoms with E-state index in [1.165, 1.54) is 43.1 Å². The largest absolute Gasteiger partial charge is 0.496 e. The van der Waals surface area contributed by atoms with Crippen LogP contribution in [0.3, 0.4) is 0 Å². The number of benzene rings is 2. The summed E-state index contributed by atoms with van der Waals surface area (Å²) in [6, 6.07) is 8.63. The van der Waals surface area contributed by atoms with Gasteiger partial charge in [0.2, 0.25) is 0 Å². The first-order chi connectivity index (χ1) is 9.99. The molecule has 0 spiro atoms. The quantitative estimate of drug-likeness (QED) is 0.395. The molecule has 21 heavy (non-hydrogen) atoms. The maximum atomic E-state index is 13.3. The molecule has 0 aliphatic carbocycles. The Hall–Kier alpha value is -2.28. The van der Waals surface area contributed by atoms with Gasteiger partial charge in [-0.1, -0.05) is 0 Å². The molecule has 0 atom stereocenters. The van der Waals surface area contributed by atoms with Crippen LogP contribution in [-0.4, -0.2) is 12.0 Å². The molecule has 2 aromatic rings. The first-order valence-corrected chi connectivity index (χ1v) is 6.98. The number of anilines is 1. The molecule has 0 fully saturated rings. The minimum absolute atomic E-state index is 0.00911. The second kappa shape index (κ2) is 6.45. The fourth-order valence-electron chi connectivity index (χ4n) is 1.82. The van der Waals surface area contributed by atoms with Gasteiger partial charge < -0.3 is 10.5 Å².